The van der Waals surface area contributed by atoms with Crippen molar-refractivity contribution >= 4 is 17.5 Å². The predicted molar refractivity (Wildman–Crippen MR) is 121 cm³/mol. The van der Waals surface area contributed by atoms with Gasteiger partial charge in [-0.05, 0) is 32.1 Å². The first-order valence-corrected chi connectivity index (χ1v) is 11.4. The third-order valence-corrected chi connectivity index (χ3v) is 6.45. The van der Waals surface area contributed by atoms with Gasteiger partial charge >= 0.3 is 0 Å². The molecule has 2 aliphatic rings. The van der Waals surface area contributed by atoms with Crippen LogP contribution in [0.25, 0.3) is 17.5 Å². The van der Waals surface area contributed by atoms with E-state index in [0.717, 1.165) is 56.4 Å². The number of aliphatic hydroxyl groups excluding tert-OH is 1. The first-order chi connectivity index (χ1) is 14.2. The molecule has 2 N–H and O–H groups in total. The van der Waals surface area contributed by atoms with Crippen molar-refractivity contribution in [2.45, 2.75) is 58.4 Å². The summed E-state index contributed by atoms with van der Waals surface area (Å²) in [6.45, 7) is 11.2. The first kappa shape index (κ1) is 22.0. The topological polar surface area (TPSA) is 49.7 Å². The Bertz CT molecular complexity index is 790. The number of hydrogen-bond acceptors (Lipinski definition) is 4. The van der Waals surface area contributed by atoms with Crippen molar-refractivity contribution in [3.05, 3.63) is 28.9 Å². The molecule has 0 saturated heterocycles. The molecule has 5 nitrogen and oxygen atoms in total. The smallest absolute Gasteiger partial charge is 0.120 e. The molecular formula is C24H39N3O2. The highest BCUT2D eigenvalue weighted by atomic mass is 16.5. The molecule has 0 aliphatic heterocycles. The molecule has 0 spiro atoms. The fourth-order valence-corrected chi connectivity index (χ4v) is 4.85. The van der Waals surface area contributed by atoms with E-state index in [1.165, 1.54) is 48.2 Å². The van der Waals surface area contributed by atoms with Crippen LogP contribution in [0.4, 0.5) is 0 Å². The zero-order valence-electron chi connectivity index (χ0n) is 18.4. The molecule has 3 rings (SSSR count). The molecule has 2 aliphatic carbocycles. The van der Waals surface area contributed by atoms with Crippen LogP contribution < -0.4 is 15.9 Å². The van der Waals surface area contributed by atoms with Gasteiger partial charge in [0, 0.05) is 61.8 Å². The highest BCUT2D eigenvalue weighted by Gasteiger charge is 2.20. The van der Waals surface area contributed by atoms with E-state index in [1.54, 1.807) is 0 Å². The van der Waals surface area contributed by atoms with Crippen LogP contribution in [-0.4, -0.2) is 54.5 Å². The van der Waals surface area contributed by atoms with Crippen LogP contribution in [-0.2, 0) is 11.3 Å². The lowest BCUT2D eigenvalue weighted by atomic mass is 9.89. The maximum Gasteiger partial charge on any atom is 0.120 e. The molecule has 1 aromatic rings. The summed E-state index contributed by atoms with van der Waals surface area (Å²) < 4.78 is 8.27. The second-order valence-electron chi connectivity index (χ2n) is 8.33. The third-order valence-electron chi connectivity index (χ3n) is 6.45. The second-order valence-corrected chi connectivity index (χ2v) is 8.33. The van der Waals surface area contributed by atoms with Gasteiger partial charge < -0.3 is 24.6 Å². The number of aliphatic hydroxyl groups is 1. The van der Waals surface area contributed by atoms with Crippen molar-refractivity contribution in [1.82, 2.24) is 14.8 Å². The van der Waals surface area contributed by atoms with E-state index in [1.807, 2.05) is 7.11 Å². The molecule has 0 amide bonds. The molecule has 0 aromatic carbocycles. The average Bonchev–Trinajstić information content (AvgIpc) is 3.13. The summed E-state index contributed by atoms with van der Waals surface area (Å²) in [7, 11) is 1.81. The van der Waals surface area contributed by atoms with Gasteiger partial charge in [-0.1, -0.05) is 31.9 Å². The van der Waals surface area contributed by atoms with Gasteiger partial charge in [0.2, 0.25) is 0 Å². The summed E-state index contributed by atoms with van der Waals surface area (Å²) in [5, 5.41) is 14.8. The molecule has 5 heteroatoms. The summed E-state index contributed by atoms with van der Waals surface area (Å²) in [5.41, 5.74) is 2.33. The van der Waals surface area contributed by atoms with Crippen LogP contribution in [0.15, 0.2) is 12.8 Å². The molecular weight excluding hydrogens is 362 g/mol. The highest BCUT2D eigenvalue weighted by Crippen LogP contribution is 2.25. The van der Waals surface area contributed by atoms with Crippen molar-refractivity contribution in [2.24, 2.45) is 5.92 Å². The first-order valence-electron chi connectivity index (χ1n) is 11.4. The van der Waals surface area contributed by atoms with E-state index in [9.17, 15) is 0 Å². The van der Waals surface area contributed by atoms with Gasteiger partial charge in [0.1, 0.15) is 5.76 Å². The number of likely N-dealkylation sites (N-methyl/N-ethyl adjacent to an activating group) is 1. The van der Waals surface area contributed by atoms with E-state index in [-0.39, 0.29) is 6.61 Å². The number of fused-ring (bicyclic) bond motifs is 1. The molecule has 0 radical (unpaired) electrons. The zero-order chi connectivity index (χ0) is 20.6. The van der Waals surface area contributed by atoms with Gasteiger partial charge in [0.25, 0.3) is 0 Å². The van der Waals surface area contributed by atoms with Crippen LogP contribution >= 0.6 is 0 Å². The van der Waals surface area contributed by atoms with Gasteiger partial charge in [-0.15, -0.1) is 0 Å². The molecule has 0 atom stereocenters. The standard InChI is InChI=1S/C24H39N3O2/c1-4-26(15-13-25-14-16-28)19(2)22-18-27(17-20-9-6-5-7-10-20)24-21(22)11-8-12-23(24)29-3/h11,18,20,25,28H,2,4-10,12-17H2,1,3H3. The minimum absolute atomic E-state index is 0.176. The Labute approximate surface area is 175 Å². The van der Waals surface area contributed by atoms with Crippen molar-refractivity contribution in [1.29, 1.82) is 0 Å². The Morgan fingerprint density at radius 1 is 1.31 bits per heavy atom. The van der Waals surface area contributed by atoms with Gasteiger partial charge in [0.15, 0.2) is 0 Å². The minimum atomic E-state index is 0.176. The summed E-state index contributed by atoms with van der Waals surface area (Å²) in [4.78, 5) is 2.33. The molecule has 0 unspecified atom stereocenters. The molecule has 162 valence electrons. The van der Waals surface area contributed by atoms with E-state index in [0.29, 0.717) is 6.54 Å². The lowest BCUT2D eigenvalue weighted by Gasteiger charge is -2.25. The lowest BCUT2D eigenvalue weighted by molar-refractivity contribution is 0.289. The summed E-state index contributed by atoms with van der Waals surface area (Å²) in [6, 6.07) is 0. The molecule has 1 saturated carbocycles. The van der Waals surface area contributed by atoms with Crippen LogP contribution in [0.5, 0.6) is 0 Å². The average molecular weight is 402 g/mol. The van der Waals surface area contributed by atoms with E-state index in [2.05, 4.69) is 40.6 Å². The predicted octanol–water partition coefficient (Wildman–Crippen LogP) is 2.27. The van der Waals surface area contributed by atoms with Gasteiger partial charge in [-0.3, -0.25) is 0 Å². The van der Waals surface area contributed by atoms with E-state index >= 15 is 0 Å². The number of rotatable bonds is 11. The maximum atomic E-state index is 8.98. The van der Waals surface area contributed by atoms with Crippen molar-refractivity contribution < 1.29 is 9.84 Å². The van der Waals surface area contributed by atoms with Gasteiger partial charge in [-0.25, -0.2) is 0 Å². The number of hydrogen-bond donors (Lipinski definition) is 2. The lowest BCUT2D eigenvalue weighted by Crippen LogP contribution is -2.38. The monoisotopic (exact) mass is 401 g/mol. The minimum Gasteiger partial charge on any atom is -0.499 e. The maximum absolute atomic E-state index is 8.98. The molecule has 1 aromatic heterocycles. The van der Waals surface area contributed by atoms with Gasteiger partial charge in [-0.2, -0.15) is 0 Å². The number of methoxy groups -OCH3 is 1. The van der Waals surface area contributed by atoms with Crippen LogP contribution in [0.2, 0.25) is 0 Å². The summed E-state index contributed by atoms with van der Waals surface area (Å²) >= 11 is 0. The molecule has 1 fully saturated rings. The molecule has 0 bridgehead atoms. The second kappa shape index (κ2) is 10.9. The quantitative estimate of drug-likeness (QED) is 0.559. The highest BCUT2D eigenvalue weighted by molar-refractivity contribution is 5.65. The normalized spacial score (nSPS) is 17.0. The summed E-state index contributed by atoms with van der Waals surface area (Å²) in [6.07, 6.45) is 13.5. The Hall–Kier alpha value is -1.72. The van der Waals surface area contributed by atoms with Crippen LogP contribution in [0.1, 0.15) is 57.4 Å². The summed E-state index contributed by atoms with van der Waals surface area (Å²) in [5.74, 6) is 1.89. The number of nitrogens with one attached hydrogen (secondary N) is 1. The van der Waals surface area contributed by atoms with Crippen molar-refractivity contribution in [2.75, 3.05) is 39.9 Å². The SMILES string of the molecule is C=C(c1cn(CC2CCCCC2)c2c1=CCCC=2OC)N(CC)CCNCCO. The molecule has 1 heterocycles. The fourth-order valence-electron chi connectivity index (χ4n) is 4.85. The Kier molecular flexibility index (Phi) is 8.25. The largest absolute Gasteiger partial charge is 0.499 e. The number of ether oxygens (including phenoxy) is 1. The van der Waals surface area contributed by atoms with Crippen LogP contribution in [0, 0.1) is 5.92 Å². The van der Waals surface area contributed by atoms with Crippen molar-refractivity contribution in [3.63, 3.8) is 0 Å². The Morgan fingerprint density at radius 2 is 2.10 bits per heavy atom. The number of nitrogens with zero attached hydrogens (tertiary/aromatic N) is 2. The van der Waals surface area contributed by atoms with Gasteiger partial charge in [0.05, 0.1) is 19.1 Å². The van der Waals surface area contributed by atoms with Crippen LogP contribution in [0.3, 0.4) is 0 Å². The van der Waals surface area contributed by atoms with Crippen molar-refractivity contribution in [3.8, 4) is 0 Å². The Balaban J connectivity index is 1.89. The van der Waals surface area contributed by atoms with E-state index < -0.39 is 0 Å². The third kappa shape index (κ3) is 5.26. The van der Waals surface area contributed by atoms with E-state index in [4.69, 9.17) is 9.84 Å². The number of aromatic nitrogens is 1. The Morgan fingerprint density at radius 3 is 2.79 bits per heavy atom. The zero-order valence-corrected chi connectivity index (χ0v) is 18.4. The molecule has 29 heavy (non-hydrogen) atoms. The fraction of sp³-hybridized carbons (Fsp3) is 0.667.